The Balaban J connectivity index is 2.02. The van der Waals surface area contributed by atoms with Gasteiger partial charge in [-0.15, -0.1) is 0 Å². The number of carboxylic acid groups (broad SMARTS) is 1. The van der Waals surface area contributed by atoms with Crippen LogP contribution >= 0.6 is 0 Å². The summed E-state index contributed by atoms with van der Waals surface area (Å²) in [5.41, 5.74) is 1.04. The second kappa shape index (κ2) is 6.55. The van der Waals surface area contributed by atoms with Crippen LogP contribution in [0.3, 0.4) is 0 Å². The molecule has 1 heterocycles. The van der Waals surface area contributed by atoms with Gasteiger partial charge in [0.25, 0.3) is 0 Å². The first-order chi connectivity index (χ1) is 9.61. The summed E-state index contributed by atoms with van der Waals surface area (Å²) in [6, 6.07) is 9.80. The van der Waals surface area contributed by atoms with Crippen LogP contribution in [0.15, 0.2) is 30.3 Å². The smallest absolute Gasteiger partial charge is 0.303 e. The highest BCUT2D eigenvalue weighted by molar-refractivity contribution is 5.84. The third-order valence-electron chi connectivity index (χ3n) is 3.97. The second-order valence-corrected chi connectivity index (χ2v) is 5.41. The van der Waals surface area contributed by atoms with Crippen LogP contribution in [-0.4, -0.2) is 35.0 Å². The summed E-state index contributed by atoms with van der Waals surface area (Å²) in [7, 11) is 0. The van der Waals surface area contributed by atoms with Crippen LogP contribution in [0.1, 0.15) is 37.7 Å². The zero-order valence-corrected chi connectivity index (χ0v) is 11.8. The lowest BCUT2D eigenvalue weighted by Crippen LogP contribution is -2.33. The van der Waals surface area contributed by atoms with Crippen molar-refractivity contribution in [3.05, 3.63) is 35.9 Å². The Kier molecular flexibility index (Phi) is 4.77. The molecule has 2 rings (SSSR count). The van der Waals surface area contributed by atoms with Crippen molar-refractivity contribution in [2.24, 2.45) is 5.92 Å². The van der Waals surface area contributed by atoms with Gasteiger partial charge in [0.1, 0.15) is 0 Å². The fraction of sp³-hybridized carbons (Fsp3) is 0.500. The lowest BCUT2D eigenvalue weighted by molar-refractivity contribution is -0.138. The number of amides is 1. The Morgan fingerprint density at radius 2 is 2.05 bits per heavy atom. The molecular formula is C16H21NO3. The molecule has 1 aliphatic heterocycles. The van der Waals surface area contributed by atoms with Crippen molar-refractivity contribution >= 4 is 11.9 Å². The van der Waals surface area contributed by atoms with Gasteiger partial charge < -0.3 is 10.0 Å². The minimum absolute atomic E-state index is 0.102. The maximum atomic E-state index is 12.6. The number of rotatable bonds is 5. The predicted octanol–water partition coefficient (Wildman–Crippen LogP) is 2.50. The maximum absolute atomic E-state index is 12.6. The molecule has 1 aromatic rings. The molecule has 0 saturated carbocycles. The Morgan fingerprint density at radius 3 is 2.65 bits per heavy atom. The summed E-state index contributed by atoms with van der Waals surface area (Å²) in [6.07, 6.45) is 1.72. The second-order valence-electron chi connectivity index (χ2n) is 5.41. The average Bonchev–Trinajstić information content (AvgIpc) is 2.88. The number of nitrogens with zero attached hydrogens (tertiary/aromatic N) is 1. The lowest BCUT2D eigenvalue weighted by atomic mass is 9.95. The van der Waals surface area contributed by atoms with E-state index in [9.17, 15) is 9.59 Å². The van der Waals surface area contributed by atoms with E-state index < -0.39 is 5.97 Å². The highest BCUT2D eigenvalue weighted by atomic mass is 16.4. The molecule has 0 spiro atoms. The first-order valence-electron chi connectivity index (χ1n) is 7.17. The molecular weight excluding hydrogens is 254 g/mol. The molecule has 4 heteroatoms. The molecule has 4 nitrogen and oxygen atoms in total. The largest absolute Gasteiger partial charge is 0.481 e. The number of hydrogen-bond donors (Lipinski definition) is 1. The van der Waals surface area contributed by atoms with E-state index in [2.05, 4.69) is 0 Å². The number of likely N-dealkylation sites (tertiary alicyclic amines) is 1. The molecule has 1 fully saturated rings. The number of carboxylic acids is 1. The van der Waals surface area contributed by atoms with Gasteiger partial charge in [0.05, 0.1) is 5.92 Å². The van der Waals surface area contributed by atoms with Crippen LogP contribution in [0.25, 0.3) is 0 Å². The van der Waals surface area contributed by atoms with Gasteiger partial charge in [-0.1, -0.05) is 37.3 Å². The van der Waals surface area contributed by atoms with E-state index in [0.717, 1.165) is 18.4 Å². The van der Waals surface area contributed by atoms with Crippen molar-refractivity contribution < 1.29 is 14.7 Å². The summed E-state index contributed by atoms with van der Waals surface area (Å²) in [5.74, 6) is -0.657. The molecule has 20 heavy (non-hydrogen) atoms. The fourth-order valence-electron chi connectivity index (χ4n) is 2.91. The summed E-state index contributed by atoms with van der Waals surface area (Å²) in [6.45, 7) is 3.27. The number of aliphatic carboxylic acids is 1. The molecule has 1 aliphatic rings. The molecule has 0 bridgehead atoms. The van der Waals surface area contributed by atoms with Gasteiger partial charge in [0, 0.05) is 19.5 Å². The van der Waals surface area contributed by atoms with Crippen LogP contribution < -0.4 is 0 Å². The zero-order valence-electron chi connectivity index (χ0n) is 11.8. The van der Waals surface area contributed by atoms with Gasteiger partial charge in [-0.05, 0) is 24.3 Å². The van der Waals surface area contributed by atoms with E-state index >= 15 is 0 Å². The minimum atomic E-state index is -0.778. The highest BCUT2D eigenvalue weighted by Gasteiger charge is 2.31. The zero-order chi connectivity index (χ0) is 14.5. The fourth-order valence-corrected chi connectivity index (χ4v) is 2.91. The lowest BCUT2D eigenvalue weighted by Gasteiger charge is -2.23. The summed E-state index contributed by atoms with van der Waals surface area (Å²) in [5, 5.41) is 8.83. The van der Waals surface area contributed by atoms with Crippen LogP contribution in [0, 0.1) is 5.92 Å². The highest BCUT2D eigenvalue weighted by Crippen LogP contribution is 2.27. The monoisotopic (exact) mass is 275 g/mol. The summed E-state index contributed by atoms with van der Waals surface area (Å²) < 4.78 is 0. The first-order valence-corrected chi connectivity index (χ1v) is 7.17. The minimum Gasteiger partial charge on any atom is -0.481 e. The molecule has 1 aromatic carbocycles. The van der Waals surface area contributed by atoms with Gasteiger partial charge >= 0.3 is 5.97 Å². The van der Waals surface area contributed by atoms with Crippen molar-refractivity contribution in [3.8, 4) is 0 Å². The third-order valence-corrected chi connectivity index (χ3v) is 3.97. The number of benzene rings is 1. The number of hydrogen-bond acceptors (Lipinski definition) is 2. The Morgan fingerprint density at radius 1 is 1.35 bits per heavy atom. The molecule has 2 unspecified atom stereocenters. The number of carbonyl (C=O) groups excluding carboxylic acids is 1. The van der Waals surface area contributed by atoms with Crippen molar-refractivity contribution in [1.82, 2.24) is 4.90 Å². The van der Waals surface area contributed by atoms with Crippen molar-refractivity contribution in [2.45, 2.75) is 32.1 Å². The van der Waals surface area contributed by atoms with Crippen molar-refractivity contribution in [1.29, 1.82) is 0 Å². The molecule has 1 saturated heterocycles. The standard InChI is InChI=1S/C16H21NO3/c1-2-14(13-6-4-3-5-7-13)16(20)17-9-8-12(11-17)10-15(18)19/h3-7,12,14H,2,8-11H2,1H3,(H,18,19). The third kappa shape index (κ3) is 3.38. The Bertz CT molecular complexity index is 472. The maximum Gasteiger partial charge on any atom is 0.303 e. The van der Waals surface area contributed by atoms with Gasteiger partial charge in [-0.2, -0.15) is 0 Å². The van der Waals surface area contributed by atoms with Crippen molar-refractivity contribution in [2.75, 3.05) is 13.1 Å². The molecule has 108 valence electrons. The van der Waals surface area contributed by atoms with E-state index in [0.29, 0.717) is 13.1 Å². The molecule has 0 radical (unpaired) electrons. The van der Waals surface area contributed by atoms with Gasteiger partial charge in [-0.25, -0.2) is 0 Å². The average molecular weight is 275 g/mol. The first kappa shape index (κ1) is 14.6. The quantitative estimate of drug-likeness (QED) is 0.898. The van der Waals surface area contributed by atoms with Gasteiger partial charge in [0.2, 0.25) is 5.91 Å². The Hall–Kier alpha value is -1.84. The van der Waals surface area contributed by atoms with E-state index in [1.165, 1.54) is 0 Å². The molecule has 1 amide bonds. The van der Waals surface area contributed by atoms with Crippen LogP contribution in [0.4, 0.5) is 0 Å². The molecule has 0 aliphatic carbocycles. The van der Waals surface area contributed by atoms with E-state index in [-0.39, 0.29) is 24.2 Å². The van der Waals surface area contributed by atoms with Crippen molar-refractivity contribution in [3.63, 3.8) is 0 Å². The van der Waals surface area contributed by atoms with E-state index in [1.54, 1.807) is 0 Å². The van der Waals surface area contributed by atoms with Gasteiger partial charge in [0.15, 0.2) is 0 Å². The molecule has 2 atom stereocenters. The predicted molar refractivity (Wildman–Crippen MR) is 76.4 cm³/mol. The van der Waals surface area contributed by atoms with E-state index in [1.807, 2.05) is 42.2 Å². The van der Waals surface area contributed by atoms with E-state index in [4.69, 9.17) is 5.11 Å². The van der Waals surface area contributed by atoms with Crippen LogP contribution in [0.5, 0.6) is 0 Å². The van der Waals surface area contributed by atoms with Gasteiger partial charge in [-0.3, -0.25) is 9.59 Å². The Labute approximate surface area is 119 Å². The molecule has 0 aromatic heterocycles. The summed E-state index contributed by atoms with van der Waals surface area (Å²) in [4.78, 5) is 25.2. The van der Waals surface area contributed by atoms with Crippen LogP contribution in [0.2, 0.25) is 0 Å². The molecule has 1 N–H and O–H groups in total. The van der Waals surface area contributed by atoms with Crippen LogP contribution in [-0.2, 0) is 9.59 Å². The SMILES string of the molecule is CCC(C(=O)N1CCC(CC(=O)O)C1)c1ccccc1. The number of carbonyl (C=O) groups is 2. The topological polar surface area (TPSA) is 57.6 Å². The summed E-state index contributed by atoms with van der Waals surface area (Å²) >= 11 is 0. The normalized spacial score (nSPS) is 19.9.